The number of β-amino-alcohol motifs (C(OH)–C–C–N with tert-alkyl or cyclic N) is 1. The van der Waals surface area contributed by atoms with Crippen molar-refractivity contribution in [2.75, 3.05) is 32.8 Å². The third-order valence-electron chi connectivity index (χ3n) is 3.78. The first-order chi connectivity index (χ1) is 9.45. The molecule has 0 radical (unpaired) electrons. The highest BCUT2D eigenvalue weighted by atomic mass is 32.2. The van der Waals surface area contributed by atoms with Crippen LogP contribution in [-0.2, 0) is 19.7 Å². The third-order valence-corrected chi connectivity index (χ3v) is 5.75. The molecular weight excluding hydrogens is 284 g/mol. The first-order valence-electron chi connectivity index (χ1n) is 7.05. The Kier molecular flexibility index (Phi) is 5.00. The van der Waals surface area contributed by atoms with E-state index in [9.17, 15) is 18.3 Å². The molecule has 116 valence electrons. The van der Waals surface area contributed by atoms with E-state index in [1.54, 1.807) is 6.92 Å². The molecule has 0 aromatic carbocycles. The number of hydrogen-bond donors (Lipinski definition) is 1. The minimum Gasteiger partial charge on any atom is -0.466 e. The van der Waals surface area contributed by atoms with Crippen molar-refractivity contribution in [2.45, 2.75) is 32.3 Å². The molecule has 2 rings (SSSR count). The van der Waals surface area contributed by atoms with Gasteiger partial charge in [0.15, 0.2) is 0 Å². The van der Waals surface area contributed by atoms with Gasteiger partial charge in [-0.05, 0) is 26.2 Å². The number of aliphatic hydroxyl groups is 1. The summed E-state index contributed by atoms with van der Waals surface area (Å²) in [5.41, 5.74) is 0. The van der Waals surface area contributed by atoms with Crippen LogP contribution < -0.4 is 0 Å². The molecule has 2 atom stereocenters. The molecule has 7 nitrogen and oxygen atoms in total. The van der Waals surface area contributed by atoms with Crippen LogP contribution in [0.25, 0.3) is 0 Å². The summed E-state index contributed by atoms with van der Waals surface area (Å²) in [4.78, 5) is 11.7. The van der Waals surface area contributed by atoms with Crippen LogP contribution in [0.15, 0.2) is 0 Å². The highest BCUT2D eigenvalue weighted by Crippen LogP contribution is 2.24. The number of esters is 1. The molecule has 0 aromatic rings. The zero-order chi connectivity index (χ0) is 14.8. The largest absolute Gasteiger partial charge is 0.466 e. The Hall–Kier alpha value is -0.700. The molecule has 2 fully saturated rings. The van der Waals surface area contributed by atoms with Gasteiger partial charge in [-0.2, -0.15) is 17.0 Å². The van der Waals surface area contributed by atoms with Gasteiger partial charge in [-0.25, -0.2) is 0 Å². The van der Waals surface area contributed by atoms with E-state index < -0.39 is 16.3 Å². The Morgan fingerprint density at radius 1 is 1.25 bits per heavy atom. The second kappa shape index (κ2) is 6.38. The lowest BCUT2D eigenvalue weighted by Gasteiger charge is -2.33. The average molecular weight is 306 g/mol. The van der Waals surface area contributed by atoms with Crippen molar-refractivity contribution in [1.29, 1.82) is 0 Å². The van der Waals surface area contributed by atoms with Crippen LogP contribution in [0.1, 0.15) is 26.2 Å². The summed E-state index contributed by atoms with van der Waals surface area (Å²) < 4.78 is 32.5. The van der Waals surface area contributed by atoms with Crippen LogP contribution in [0, 0.1) is 5.92 Å². The third kappa shape index (κ3) is 3.30. The Morgan fingerprint density at radius 3 is 2.55 bits per heavy atom. The van der Waals surface area contributed by atoms with E-state index in [1.807, 2.05) is 0 Å². The molecule has 8 heteroatoms. The quantitative estimate of drug-likeness (QED) is 0.712. The van der Waals surface area contributed by atoms with Crippen LogP contribution in [0.4, 0.5) is 0 Å². The summed E-state index contributed by atoms with van der Waals surface area (Å²) >= 11 is 0. The molecule has 20 heavy (non-hydrogen) atoms. The molecule has 2 aliphatic heterocycles. The standard InChI is InChI=1S/C12H22N2O5S/c1-2-19-12(16)10-4-3-6-13(8-10)20(17,18)14-7-5-11(15)9-14/h10-11,15H,2-9H2,1H3/t10?,11-/m0/s1. The summed E-state index contributed by atoms with van der Waals surface area (Å²) in [6.07, 6.45) is 1.19. The zero-order valence-electron chi connectivity index (χ0n) is 11.7. The van der Waals surface area contributed by atoms with Crippen molar-refractivity contribution in [2.24, 2.45) is 5.92 Å². The number of nitrogens with zero attached hydrogens (tertiary/aromatic N) is 2. The van der Waals surface area contributed by atoms with Gasteiger partial charge in [-0.1, -0.05) is 0 Å². The van der Waals surface area contributed by atoms with Crippen molar-refractivity contribution < 1.29 is 23.1 Å². The molecule has 0 bridgehead atoms. The zero-order valence-corrected chi connectivity index (χ0v) is 12.5. The van der Waals surface area contributed by atoms with Crippen LogP contribution in [-0.4, -0.2) is 67.0 Å². The molecule has 1 N–H and O–H groups in total. The van der Waals surface area contributed by atoms with E-state index in [0.717, 1.165) is 0 Å². The predicted molar refractivity (Wildman–Crippen MR) is 72.0 cm³/mol. The SMILES string of the molecule is CCOC(=O)C1CCCN(S(=O)(=O)N2CC[C@H](O)C2)C1. The van der Waals surface area contributed by atoms with E-state index >= 15 is 0 Å². The first kappa shape index (κ1) is 15.7. The van der Waals surface area contributed by atoms with Crippen molar-refractivity contribution in [3.63, 3.8) is 0 Å². The van der Waals surface area contributed by atoms with Crippen LogP contribution in [0.2, 0.25) is 0 Å². The maximum atomic E-state index is 12.4. The highest BCUT2D eigenvalue weighted by molar-refractivity contribution is 7.86. The minimum absolute atomic E-state index is 0.142. The summed E-state index contributed by atoms with van der Waals surface area (Å²) in [6, 6.07) is 0. The van der Waals surface area contributed by atoms with Crippen molar-refractivity contribution in [3.05, 3.63) is 0 Å². The smallest absolute Gasteiger partial charge is 0.310 e. The summed E-state index contributed by atoms with van der Waals surface area (Å²) in [7, 11) is -3.58. The lowest BCUT2D eigenvalue weighted by molar-refractivity contribution is -0.149. The maximum absolute atomic E-state index is 12.4. The monoisotopic (exact) mass is 306 g/mol. The van der Waals surface area contributed by atoms with Gasteiger partial charge in [0.2, 0.25) is 0 Å². The van der Waals surface area contributed by atoms with Gasteiger partial charge in [0, 0.05) is 26.2 Å². The molecule has 2 saturated heterocycles. The molecule has 0 saturated carbocycles. The number of carbonyl (C=O) groups excluding carboxylic acids is 1. The van der Waals surface area contributed by atoms with Gasteiger partial charge in [-0.3, -0.25) is 4.79 Å². The van der Waals surface area contributed by atoms with Crippen molar-refractivity contribution in [1.82, 2.24) is 8.61 Å². The van der Waals surface area contributed by atoms with E-state index in [1.165, 1.54) is 8.61 Å². The normalized spacial score (nSPS) is 29.5. The Labute approximate surface area is 119 Å². The van der Waals surface area contributed by atoms with Crippen LogP contribution >= 0.6 is 0 Å². The van der Waals surface area contributed by atoms with Gasteiger partial charge < -0.3 is 9.84 Å². The molecule has 0 spiro atoms. The number of piperidine rings is 1. The molecule has 0 aliphatic carbocycles. The summed E-state index contributed by atoms with van der Waals surface area (Å²) in [5, 5.41) is 9.47. The van der Waals surface area contributed by atoms with Crippen LogP contribution in [0.5, 0.6) is 0 Å². The van der Waals surface area contributed by atoms with Gasteiger partial charge in [0.05, 0.1) is 18.6 Å². The molecular formula is C12H22N2O5S. The van der Waals surface area contributed by atoms with E-state index in [4.69, 9.17) is 4.74 Å². The number of rotatable bonds is 4. The Balaban J connectivity index is 2.02. The Bertz CT molecular complexity index is 453. The first-order valence-corrected chi connectivity index (χ1v) is 8.44. The average Bonchev–Trinajstić information content (AvgIpc) is 2.86. The van der Waals surface area contributed by atoms with Gasteiger partial charge in [-0.15, -0.1) is 0 Å². The fraction of sp³-hybridized carbons (Fsp3) is 0.917. The Morgan fingerprint density at radius 2 is 1.95 bits per heavy atom. The fourth-order valence-corrected chi connectivity index (χ4v) is 4.44. The second-order valence-electron chi connectivity index (χ2n) is 5.26. The van der Waals surface area contributed by atoms with E-state index in [0.29, 0.717) is 39.0 Å². The van der Waals surface area contributed by atoms with Gasteiger partial charge in [0.1, 0.15) is 0 Å². The van der Waals surface area contributed by atoms with Crippen LogP contribution in [0.3, 0.4) is 0 Å². The highest BCUT2D eigenvalue weighted by Gasteiger charge is 2.38. The molecule has 1 unspecified atom stereocenters. The summed E-state index contributed by atoms with van der Waals surface area (Å²) in [6.45, 7) is 3.12. The lowest BCUT2D eigenvalue weighted by atomic mass is 10.0. The molecule has 2 aliphatic rings. The lowest BCUT2D eigenvalue weighted by Crippen LogP contribution is -2.48. The van der Waals surface area contributed by atoms with Gasteiger partial charge >= 0.3 is 5.97 Å². The fourth-order valence-electron chi connectivity index (χ4n) is 2.69. The topological polar surface area (TPSA) is 87.2 Å². The van der Waals surface area contributed by atoms with Crippen molar-refractivity contribution >= 4 is 16.2 Å². The van der Waals surface area contributed by atoms with Gasteiger partial charge in [0.25, 0.3) is 10.2 Å². The number of aliphatic hydroxyl groups excluding tert-OH is 1. The molecule has 0 aromatic heterocycles. The number of carbonyl (C=O) groups is 1. The van der Waals surface area contributed by atoms with E-state index in [-0.39, 0.29) is 25.0 Å². The molecule has 0 amide bonds. The number of ether oxygens (including phenoxy) is 1. The second-order valence-corrected chi connectivity index (χ2v) is 7.19. The maximum Gasteiger partial charge on any atom is 0.310 e. The molecule has 2 heterocycles. The minimum atomic E-state index is -3.58. The van der Waals surface area contributed by atoms with E-state index in [2.05, 4.69) is 0 Å². The number of hydrogen-bond acceptors (Lipinski definition) is 5. The summed E-state index contributed by atoms with van der Waals surface area (Å²) in [5.74, 6) is -0.708. The predicted octanol–water partition coefficient (Wildman–Crippen LogP) is -0.427. The van der Waals surface area contributed by atoms with Crippen molar-refractivity contribution in [3.8, 4) is 0 Å².